The van der Waals surface area contributed by atoms with E-state index in [4.69, 9.17) is 11.6 Å². The molecule has 0 fully saturated rings. The molecule has 3 rings (SSSR count). The van der Waals surface area contributed by atoms with Crippen molar-refractivity contribution in [3.63, 3.8) is 0 Å². The van der Waals surface area contributed by atoms with Gasteiger partial charge in [-0.3, -0.25) is 14.4 Å². The van der Waals surface area contributed by atoms with Gasteiger partial charge in [0.15, 0.2) is 6.29 Å². The summed E-state index contributed by atoms with van der Waals surface area (Å²) in [6.07, 6.45) is 14.0. The molecular formula is C32H45ClN2O3S2. The molecule has 1 aromatic carbocycles. The standard InChI is InChI=1S/C22H19ClN2O3S.C5H12S.C3H8.C2H6/c1-14-4-2-5-15(9-8-14)12-24-22(28)20-16(13-26)6-3-7-17(20)25-21(27)18-10-11-19(23)29-18;1-4-5(2)6-3;1-3-2;1-2/h2-4,6-11,13H,5,12H2,1H3,(H,24,28)(H,25,27);5H,4H2,1-3H3;3H2,1-2H3;1-2H3. The SMILES string of the molecule is CC.CC1=CC=C(CNC(=O)c2c(C=O)cccc2NC(=O)c2ccc(Cl)s2)CC=C1.CCC.CCC(C)SC. The predicted molar refractivity (Wildman–Crippen MR) is 178 cm³/mol. The fraction of sp³-hybridized carbons (Fsp3) is 0.406. The number of benzene rings is 1. The van der Waals surface area contributed by atoms with E-state index in [0.29, 0.717) is 22.0 Å². The third-order valence-corrected chi connectivity index (χ3v) is 7.66. The van der Waals surface area contributed by atoms with Crippen LogP contribution in [0.2, 0.25) is 4.34 Å². The molecule has 1 aliphatic rings. The molecular weight excluding hydrogens is 560 g/mol. The Balaban J connectivity index is 0.00000119. The number of hydrogen-bond donors (Lipinski definition) is 2. The zero-order chi connectivity index (χ0) is 30.5. The van der Waals surface area contributed by atoms with Crippen molar-refractivity contribution < 1.29 is 14.4 Å². The van der Waals surface area contributed by atoms with Crippen LogP contribution in [0.3, 0.4) is 0 Å². The summed E-state index contributed by atoms with van der Waals surface area (Å²) in [5.74, 6) is -0.821. The highest BCUT2D eigenvalue weighted by molar-refractivity contribution is 7.99. The number of anilines is 1. The molecule has 220 valence electrons. The van der Waals surface area contributed by atoms with E-state index in [-0.39, 0.29) is 16.8 Å². The van der Waals surface area contributed by atoms with Gasteiger partial charge in [0.25, 0.3) is 11.8 Å². The molecule has 1 unspecified atom stereocenters. The summed E-state index contributed by atoms with van der Waals surface area (Å²) < 4.78 is 0.491. The number of allylic oxidation sites excluding steroid dienone is 5. The average Bonchev–Trinajstić information content (AvgIpc) is 3.30. The molecule has 0 saturated carbocycles. The first-order valence-electron chi connectivity index (χ1n) is 13.7. The van der Waals surface area contributed by atoms with E-state index < -0.39 is 11.8 Å². The second-order valence-electron chi connectivity index (χ2n) is 8.63. The lowest BCUT2D eigenvalue weighted by Crippen LogP contribution is -2.28. The van der Waals surface area contributed by atoms with Crippen LogP contribution in [0.5, 0.6) is 0 Å². The van der Waals surface area contributed by atoms with Gasteiger partial charge in [-0.2, -0.15) is 11.8 Å². The number of carbonyl (C=O) groups is 3. The van der Waals surface area contributed by atoms with Crippen molar-refractivity contribution >= 4 is 58.5 Å². The largest absolute Gasteiger partial charge is 0.348 e. The number of thioether (sulfide) groups is 1. The molecule has 8 heteroatoms. The molecule has 1 aromatic heterocycles. The van der Waals surface area contributed by atoms with Crippen LogP contribution in [0.15, 0.2) is 65.8 Å². The first kappa shape index (κ1) is 37.4. The van der Waals surface area contributed by atoms with Gasteiger partial charge in [0.2, 0.25) is 0 Å². The summed E-state index contributed by atoms with van der Waals surface area (Å²) in [6.45, 7) is 15.0. The molecule has 0 aliphatic heterocycles. The van der Waals surface area contributed by atoms with Crippen LogP contribution in [0, 0.1) is 0 Å². The number of rotatable bonds is 8. The number of hydrogen-bond acceptors (Lipinski definition) is 5. The van der Waals surface area contributed by atoms with Gasteiger partial charge in [0.05, 0.1) is 20.5 Å². The number of halogens is 1. The lowest BCUT2D eigenvalue weighted by atomic mass is 10.0. The summed E-state index contributed by atoms with van der Waals surface area (Å²) in [5.41, 5.74) is 2.78. The molecule has 2 amide bonds. The highest BCUT2D eigenvalue weighted by atomic mass is 35.5. The molecule has 2 N–H and O–H groups in total. The fourth-order valence-corrected chi connectivity index (χ4v) is 4.27. The smallest absolute Gasteiger partial charge is 0.265 e. The second-order valence-corrected chi connectivity index (χ2v) is 11.6. The lowest BCUT2D eigenvalue weighted by Gasteiger charge is -2.13. The summed E-state index contributed by atoms with van der Waals surface area (Å²) in [7, 11) is 0. The maximum Gasteiger partial charge on any atom is 0.265 e. The third kappa shape index (κ3) is 14.1. The average molecular weight is 605 g/mol. The van der Waals surface area contributed by atoms with Crippen LogP contribution in [-0.4, -0.2) is 36.2 Å². The number of amides is 2. The minimum Gasteiger partial charge on any atom is -0.348 e. The maximum atomic E-state index is 12.9. The van der Waals surface area contributed by atoms with Crippen molar-refractivity contribution in [1.29, 1.82) is 0 Å². The van der Waals surface area contributed by atoms with E-state index in [9.17, 15) is 14.4 Å². The van der Waals surface area contributed by atoms with Crippen LogP contribution in [0.4, 0.5) is 5.69 Å². The van der Waals surface area contributed by atoms with Crippen LogP contribution in [0.25, 0.3) is 0 Å². The van der Waals surface area contributed by atoms with Gasteiger partial charge in [0, 0.05) is 17.4 Å². The highest BCUT2D eigenvalue weighted by Gasteiger charge is 2.19. The first-order valence-corrected chi connectivity index (χ1v) is 16.2. The Labute approximate surface area is 254 Å². The number of nitrogens with one attached hydrogen (secondary N) is 2. The van der Waals surface area contributed by atoms with Crippen molar-refractivity contribution in [2.75, 3.05) is 18.1 Å². The Morgan fingerprint density at radius 2 is 1.77 bits per heavy atom. The van der Waals surface area contributed by atoms with Gasteiger partial charge in [-0.05, 0) is 49.8 Å². The third-order valence-electron chi connectivity index (χ3n) is 5.29. The second kappa shape index (κ2) is 22.1. The van der Waals surface area contributed by atoms with Gasteiger partial charge >= 0.3 is 0 Å². The Kier molecular flexibility index (Phi) is 20.7. The summed E-state index contributed by atoms with van der Waals surface area (Å²) in [4.78, 5) is 37.2. The van der Waals surface area contributed by atoms with Crippen molar-refractivity contribution in [2.24, 2.45) is 0 Å². The molecule has 1 atom stereocenters. The Bertz CT molecular complexity index is 1150. The number of carbonyl (C=O) groups excluding carboxylic acids is 3. The minimum atomic E-state index is -0.429. The monoisotopic (exact) mass is 604 g/mol. The molecule has 0 spiro atoms. The summed E-state index contributed by atoms with van der Waals surface area (Å²) in [6, 6.07) is 7.98. The number of aldehydes is 1. The Morgan fingerprint density at radius 1 is 1.10 bits per heavy atom. The molecule has 0 bridgehead atoms. The first-order chi connectivity index (χ1) is 19.2. The van der Waals surface area contributed by atoms with Crippen molar-refractivity contribution in [3.8, 4) is 0 Å². The van der Waals surface area contributed by atoms with Crippen LogP contribution in [0.1, 0.15) is 98.1 Å². The van der Waals surface area contributed by atoms with Crippen molar-refractivity contribution in [1.82, 2.24) is 5.32 Å². The maximum absolute atomic E-state index is 12.9. The molecule has 0 saturated heterocycles. The predicted octanol–water partition coefficient (Wildman–Crippen LogP) is 9.62. The quantitative estimate of drug-likeness (QED) is 0.294. The molecule has 1 aliphatic carbocycles. The lowest BCUT2D eigenvalue weighted by molar-refractivity contribution is 0.0952. The van der Waals surface area contributed by atoms with E-state index in [2.05, 4.69) is 44.6 Å². The highest BCUT2D eigenvalue weighted by Crippen LogP contribution is 2.25. The van der Waals surface area contributed by atoms with Gasteiger partial charge in [-0.1, -0.05) is 102 Å². The normalized spacial score (nSPS) is 12.3. The Hall–Kier alpha value is -2.61. The minimum absolute atomic E-state index is 0.134. The van der Waals surface area contributed by atoms with Crippen LogP contribution >= 0.6 is 34.7 Å². The van der Waals surface area contributed by atoms with Crippen LogP contribution in [-0.2, 0) is 0 Å². The van der Waals surface area contributed by atoms with Gasteiger partial charge in [-0.25, -0.2) is 0 Å². The molecule has 40 heavy (non-hydrogen) atoms. The Morgan fingerprint density at radius 3 is 2.30 bits per heavy atom. The van der Waals surface area contributed by atoms with E-state index in [1.807, 2.05) is 56.8 Å². The molecule has 1 heterocycles. The van der Waals surface area contributed by atoms with E-state index >= 15 is 0 Å². The zero-order valence-corrected chi connectivity index (χ0v) is 27.5. The summed E-state index contributed by atoms with van der Waals surface area (Å²) >= 11 is 8.95. The topological polar surface area (TPSA) is 75.3 Å². The summed E-state index contributed by atoms with van der Waals surface area (Å²) in [5, 5.41) is 6.40. The zero-order valence-electron chi connectivity index (χ0n) is 25.1. The van der Waals surface area contributed by atoms with Gasteiger partial charge in [-0.15, -0.1) is 11.3 Å². The van der Waals surface area contributed by atoms with Gasteiger partial charge < -0.3 is 10.6 Å². The van der Waals surface area contributed by atoms with Gasteiger partial charge in [0.1, 0.15) is 0 Å². The van der Waals surface area contributed by atoms with Crippen molar-refractivity contribution in [2.45, 2.75) is 73.0 Å². The fourth-order valence-electron chi connectivity index (χ4n) is 3.00. The number of thiophene rings is 1. The van der Waals surface area contributed by atoms with Crippen molar-refractivity contribution in [3.05, 3.63) is 86.1 Å². The van der Waals surface area contributed by atoms with E-state index in [0.717, 1.165) is 34.2 Å². The molecule has 5 nitrogen and oxygen atoms in total. The van der Waals surface area contributed by atoms with E-state index in [1.165, 1.54) is 12.8 Å². The van der Waals surface area contributed by atoms with E-state index in [1.54, 1.807) is 30.3 Å². The van der Waals surface area contributed by atoms with Crippen LogP contribution < -0.4 is 10.6 Å². The molecule has 2 aromatic rings. The molecule has 0 radical (unpaired) electrons.